The first-order valence-corrected chi connectivity index (χ1v) is 8.90. The number of carbonyl (C=O) groups is 2. The van der Waals surface area contributed by atoms with Crippen molar-refractivity contribution in [2.45, 2.75) is 18.9 Å². The Bertz CT molecular complexity index is 861. The Morgan fingerprint density at radius 2 is 1.89 bits per heavy atom. The number of hydrogen-bond donors (Lipinski definition) is 2. The zero-order chi connectivity index (χ0) is 18.6. The Kier molecular flexibility index (Phi) is 4.93. The van der Waals surface area contributed by atoms with Crippen LogP contribution in [0.2, 0.25) is 0 Å². The molecule has 1 fully saturated rings. The smallest absolute Gasteiger partial charge is 0.255 e. The number of benzene rings is 2. The molecule has 2 amide bonds. The van der Waals surface area contributed by atoms with Gasteiger partial charge in [0.15, 0.2) is 11.5 Å². The van der Waals surface area contributed by atoms with Gasteiger partial charge in [0, 0.05) is 18.7 Å². The second kappa shape index (κ2) is 7.67. The molecule has 7 heteroatoms. The van der Waals surface area contributed by atoms with E-state index in [2.05, 4.69) is 10.6 Å². The molecule has 7 nitrogen and oxygen atoms in total. The molecule has 1 atom stereocenters. The third-order valence-electron chi connectivity index (χ3n) is 4.57. The zero-order valence-electron chi connectivity index (χ0n) is 14.7. The number of hydrogen-bond acceptors (Lipinski definition) is 5. The van der Waals surface area contributed by atoms with Crippen molar-refractivity contribution in [3.63, 3.8) is 0 Å². The first kappa shape index (κ1) is 17.4. The third kappa shape index (κ3) is 3.88. The maximum atomic E-state index is 12.6. The maximum absolute atomic E-state index is 12.6. The molecular weight excluding hydrogens is 348 g/mol. The number of rotatable bonds is 5. The van der Waals surface area contributed by atoms with E-state index in [9.17, 15) is 9.59 Å². The standard InChI is InChI=1S/C20H20N2O5/c23-19(13-7-8-17-18(10-13)27-12-26-17)22-16-6-2-1-5-15(16)20(24)21-11-14-4-3-9-25-14/h1-2,5-8,10,14H,3-4,9,11-12H2,(H,21,24)(H,22,23)/t14-/m1/s1. The topological polar surface area (TPSA) is 85.9 Å². The molecule has 27 heavy (non-hydrogen) atoms. The summed E-state index contributed by atoms with van der Waals surface area (Å²) in [6.45, 7) is 1.35. The Morgan fingerprint density at radius 3 is 2.74 bits per heavy atom. The summed E-state index contributed by atoms with van der Waals surface area (Å²) >= 11 is 0. The maximum Gasteiger partial charge on any atom is 0.255 e. The largest absolute Gasteiger partial charge is 0.454 e. The van der Waals surface area contributed by atoms with Crippen molar-refractivity contribution in [1.82, 2.24) is 5.32 Å². The first-order chi connectivity index (χ1) is 13.2. The minimum atomic E-state index is -0.326. The lowest BCUT2D eigenvalue weighted by Crippen LogP contribution is -2.32. The number of ether oxygens (including phenoxy) is 3. The molecule has 2 N–H and O–H groups in total. The molecule has 0 radical (unpaired) electrons. The van der Waals surface area contributed by atoms with Crippen LogP contribution in [0.5, 0.6) is 11.5 Å². The summed E-state index contributed by atoms with van der Waals surface area (Å²) < 4.78 is 16.1. The van der Waals surface area contributed by atoms with Crippen LogP contribution in [0.1, 0.15) is 33.6 Å². The summed E-state index contributed by atoms with van der Waals surface area (Å²) in [6.07, 6.45) is 2.02. The molecule has 2 heterocycles. The van der Waals surface area contributed by atoms with Crippen LogP contribution in [-0.2, 0) is 4.74 Å². The van der Waals surface area contributed by atoms with Crippen LogP contribution in [0.4, 0.5) is 5.69 Å². The van der Waals surface area contributed by atoms with Gasteiger partial charge >= 0.3 is 0 Å². The summed E-state index contributed by atoms with van der Waals surface area (Å²) in [6, 6.07) is 11.9. The minimum Gasteiger partial charge on any atom is -0.454 e. The van der Waals surface area contributed by atoms with E-state index in [0.29, 0.717) is 34.9 Å². The van der Waals surface area contributed by atoms with Crippen LogP contribution >= 0.6 is 0 Å². The highest BCUT2D eigenvalue weighted by Crippen LogP contribution is 2.32. The van der Waals surface area contributed by atoms with Gasteiger partial charge in [0.2, 0.25) is 6.79 Å². The van der Waals surface area contributed by atoms with Crippen LogP contribution in [-0.4, -0.2) is 37.9 Å². The highest BCUT2D eigenvalue weighted by Gasteiger charge is 2.20. The average Bonchev–Trinajstić information content (AvgIpc) is 3.37. The number of anilines is 1. The van der Waals surface area contributed by atoms with Gasteiger partial charge in [0.1, 0.15) is 0 Å². The van der Waals surface area contributed by atoms with Gasteiger partial charge in [-0.15, -0.1) is 0 Å². The molecular formula is C20H20N2O5. The lowest BCUT2D eigenvalue weighted by molar-refractivity contribution is 0.0858. The lowest BCUT2D eigenvalue weighted by atomic mass is 10.1. The van der Waals surface area contributed by atoms with Crippen molar-refractivity contribution in [3.05, 3.63) is 53.6 Å². The molecule has 0 aliphatic carbocycles. The fraction of sp³-hybridized carbons (Fsp3) is 0.300. The van der Waals surface area contributed by atoms with Crippen LogP contribution < -0.4 is 20.1 Å². The van der Waals surface area contributed by atoms with Gasteiger partial charge in [-0.3, -0.25) is 9.59 Å². The number of para-hydroxylation sites is 1. The fourth-order valence-corrected chi connectivity index (χ4v) is 3.13. The molecule has 140 valence electrons. The third-order valence-corrected chi connectivity index (χ3v) is 4.57. The van der Waals surface area contributed by atoms with E-state index in [0.717, 1.165) is 19.4 Å². The predicted octanol–water partition coefficient (Wildman–Crippen LogP) is 2.58. The zero-order valence-corrected chi connectivity index (χ0v) is 14.7. The summed E-state index contributed by atoms with van der Waals surface area (Å²) in [4.78, 5) is 25.1. The monoisotopic (exact) mass is 368 g/mol. The molecule has 0 unspecified atom stereocenters. The molecule has 1 saturated heterocycles. The number of amides is 2. The molecule has 0 bridgehead atoms. The van der Waals surface area contributed by atoms with E-state index in [4.69, 9.17) is 14.2 Å². The van der Waals surface area contributed by atoms with E-state index < -0.39 is 0 Å². The van der Waals surface area contributed by atoms with Gasteiger partial charge < -0.3 is 24.8 Å². The van der Waals surface area contributed by atoms with E-state index >= 15 is 0 Å². The minimum absolute atomic E-state index is 0.0596. The Labute approximate surface area is 156 Å². The Balaban J connectivity index is 1.45. The SMILES string of the molecule is O=C(Nc1ccccc1C(=O)NC[C@H]1CCCO1)c1ccc2c(c1)OCO2. The molecule has 0 saturated carbocycles. The van der Waals surface area contributed by atoms with Crippen molar-refractivity contribution in [1.29, 1.82) is 0 Å². The van der Waals surface area contributed by atoms with Crippen molar-refractivity contribution >= 4 is 17.5 Å². The van der Waals surface area contributed by atoms with E-state index in [1.165, 1.54) is 0 Å². The van der Waals surface area contributed by atoms with Gasteiger partial charge in [0.05, 0.1) is 17.4 Å². The molecule has 2 aromatic carbocycles. The number of fused-ring (bicyclic) bond motifs is 1. The van der Waals surface area contributed by atoms with Crippen molar-refractivity contribution in [2.24, 2.45) is 0 Å². The highest BCUT2D eigenvalue weighted by atomic mass is 16.7. The van der Waals surface area contributed by atoms with Gasteiger partial charge in [-0.2, -0.15) is 0 Å². The van der Waals surface area contributed by atoms with E-state index in [-0.39, 0.29) is 24.7 Å². The molecule has 2 aromatic rings. The van der Waals surface area contributed by atoms with E-state index in [1.54, 1.807) is 42.5 Å². The average molecular weight is 368 g/mol. The molecule has 4 rings (SSSR count). The number of nitrogens with one attached hydrogen (secondary N) is 2. The lowest BCUT2D eigenvalue weighted by Gasteiger charge is -2.14. The van der Waals surface area contributed by atoms with Crippen LogP contribution in [0.3, 0.4) is 0 Å². The van der Waals surface area contributed by atoms with Gasteiger partial charge in [-0.25, -0.2) is 0 Å². The molecule has 0 aromatic heterocycles. The summed E-state index contributed by atoms with van der Waals surface area (Å²) in [7, 11) is 0. The summed E-state index contributed by atoms with van der Waals surface area (Å²) in [5, 5.41) is 5.68. The van der Waals surface area contributed by atoms with Crippen molar-refractivity contribution in [3.8, 4) is 11.5 Å². The van der Waals surface area contributed by atoms with Gasteiger partial charge in [-0.05, 0) is 43.2 Å². The second-order valence-corrected chi connectivity index (χ2v) is 6.41. The second-order valence-electron chi connectivity index (χ2n) is 6.41. The summed E-state index contributed by atoms with van der Waals surface area (Å²) in [5.41, 5.74) is 1.28. The van der Waals surface area contributed by atoms with Crippen LogP contribution in [0.25, 0.3) is 0 Å². The van der Waals surface area contributed by atoms with Crippen LogP contribution in [0.15, 0.2) is 42.5 Å². The number of carbonyl (C=O) groups excluding carboxylic acids is 2. The summed E-state index contributed by atoms with van der Waals surface area (Å²) in [5.74, 6) is 0.575. The Hall–Kier alpha value is -3.06. The highest BCUT2D eigenvalue weighted by molar-refractivity contribution is 6.09. The first-order valence-electron chi connectivity index (χ1n) is 8.90. The van der Waals surface area contributed by atoms with E-state index in [1.807, 2.05) is 0 Å². The van der Waals surface area contributed by atoms with Crippen molar-refractivity contribution in [2.75, 3.05) is 25.3 Å². The predicted molar refractivity (Wildman–Crippen MR) is 98.3 cm³/mol. The fourth-order valence-electron chi connectivity index (χ4n) is 3.13. The quantitative estimate of drug-likeness (QED) is 0.847. The Morgan fingerprint density at radius 1 is 1.04 bits per heavy atom. The van der Waals surface area contributed by atoms with Gasteiger partial charge in [-0.1, -0.05) is 12.1 Å². The normalized spacial score (nSPS) is 17.6. The molecule has 0 spiro atoms. The van der Waals surface area contributed by atoms with Gasteiger partial charge in [0.25, 0.3) is 11.8 Å². The molecule has 2 aliphatic heterocycles. The van der Waals surface area contributed by atoms with Crippen molar-refractivity contribution < 1.29 is 23.8 Å². The molecule has 2 aliphatic rings. The van der Waals surface area contributed by atoms with Crippen LogP contribution in [0, 0.1) is 0 Å².